The van der Waals surface area contributed by atoms with Gasteiger partial charge in [-0.1, -0.05) is 12.1 Å². The number of aromatic nitrogens is 2. The number of amides is 1. The summed E-state index contributed by atoms with van der Waals surface area (Å²) >= 11 is 0. The molecule has 2 unspecified atom stereocenters. The highest BCUT2D eigenvalue weighted by Gasteiger charge is 2.23. The second-order valence-corrected chi connectivity index (χ2v) is 6.73. The molecule has 1 aromatic carbocycles. The van der Waals surface area contributed by atoms with E-state index >= 15 is 0 Å². The molecule has 0 aliphatic carbocycles. The van der Waals surface area contributed by atoms with Gasteiger partial charge in [0.2, 0.25) is 5.91 Å². The van der Waals surface area contributed by atoms with Crippen LogP contribution in [0.2, 0.25) is 0 Å². The van der Waals surface area contributed by atoms with Crippen LogP contribution in [-0.4, -0.2) is 34.2 Å². The molecule has 1 aliphatic rings. The maximum absolute atomic E-state index is 12.5. The lowest BCUT2D eigenvalue weighted by molar-refractivity contribution is -0.122. The Morgan fingerprint density at radius 2 is 2.32 bits per heavy atom. The summed E-state index contributed by atoms with van der Waals surface area (Å²) < 4.78 is 7.17. The van der Waals surface area contributed by atoms with Crippen molar-refractivity contribution in [2.75, 3.05) is 6.61 Å². The molecule has 1 saturated heterocycles. The first-order valence-corrected chi connectivity index (χ1v) is 8.92. The van der Waals surface area contributed by atoms with Crippen LogP contribution in [0.25, 0.3) is 10.9 Å². The van der Waals surface area contributed by atoms with Crippen molar-refractivity contribution in [3.63, 3.8) is 0 Å². The van der Waals surface area contributed by atoms with Crippen LogP contribution in [-0.2, 0) is 16.1 Å². The van der Waals surface area contributed by atoms with E-state index in [-0.39, 0.29) is 23.6 Å². The lowest BCUT2D eigenvalue weighted by Gasteiger charge is -2.20. The summed E-state index contributed by atoms with van der Waals surface area (Å²) in [5.74, 6) is 0.000594. The molecule has 0 spiro atoms. The van der Waals surface area contributed by atoms with Crippen molar-refractivity contribution in [1.82, 2.24) is 14.9 Å². The van der Waals surface area contributed by atoms with E-state index in [2.05, 4.69) is 10.3 Å². The normalized spacial score (nSPS) is 18.4. The summed E-state index contributed by atoms with van der Waals surface area (Å²) in [6.45, 7) is 5.19. The number of nitrogens with zero attached hydrogens (tertiary/aromatic N) is 2. The minimum atomic E-state index is -0.0539. The van der Waals surface area contributed by atoms with Gasteiger partial charge in [0.15, 0.2) is 0 Å². The Kier molecular flexibility index (Phi) is 5.48. The number of carbonyl (C=O) groups is 1. The Balaban J connectivity index is 1.55. The molecule has 0 saturated carbocycles. The molecule has 25 heavy (non-hydrogen) atoms. The highest BCUT2D eigenvalue weighted by Crippen LogP contribution is 2.15. The zero-order valence-corrected chi connectivity index (χ0v) is 14.8. The molecule has 2 aromatic rings. The quantitative estimate of drug-likeness (QED) is 0.872. The van der Waals surface area contributed by atoms with E-state index in [4.69, 9.17) is 4.74 Å². The number of nitrogens with one attached hydrogen (secondary N) is 1. The van der Waals surface area contributed by atoms with Gasteiger partial charge in [0.05, 0.1) is 29.4 Å². The number of para-hydroxylation sites is 1. The maximum atomic E-state index is 12.5. The number of fused-ring (bicyclic) bond motifs is 1. The zero-order chi connectivity index (χ0) is 17.8. The van der Waals surface area contributed by atoms with Crippen molar-refractivity contribution in [2.24, 2.45) is 0 Å². The van der Waals surface area contributed by atoms with Gasteiger partial charge in [-0.15, -0.1) is 0 Å². The summed E-state index contributed by atoms with van der Waals surface area (Å²) in [6, 6.07) is 5.64. The predicted molar refractivity (Wildman–Crippen MR) is 96.6 cm³/mol. The second kappa shape index (κ2) is 7.78. The van der Waals surface area contributed by atoms with E-state index in [0.29, 0.717) is 24.8 Å². The molecule has 1 N–H and O–H groups in total. The van der Waals surface area contributed by atoms with Crippen molar-refractivity contribution in [2.45, 2.75) is 58.2 Å². The first-order valence-electron chi connectivity index (χ1n) is 8.92. The summed E-state index contributed by atoms with van der Waals surface area (Å²) in [5, 5.41) is 3.62. The zero-order valence-electron chi connectivity index (χ0n) is 14.8. The van der Waals surface area contributed by atoms with Crippen molar-refractivity contribution in [3.8, 4) is 0 Å². The smallest absolute Gasteiger partial charge is 0.261 e. The fourth-order valence-electron chi connectivity index (χ4n) is 3.32. The van der Waals surface area contributed by atoms with E-state index in [0.717, 1.165) is 30.5 Å². The Labute approximate surface area is 147 Å². The molecule has 1 aliphatic heterocycles. The van der Waals surface area contributed by atoms with E-state index in [1.54, 1.807) is 17.0 Å². The number of rotatable bonds is 6. The first-order chi connectivity index (χ1) is 12.1. The van der Waals surface area contributed by atoms with Crippen LogP contribution < -0.4 is 10.9 Å². The number of aryl methyl sites for hydroxylation is 2. The van der Waals surface area contributed by atoms with Crippen LogP contribution in [0, 0.1) is 6.92 Å². The van der Waals surface area contributed by atoms with Gasteiger partial charge in [-0.2, -0.15) is 0 Å². The second-order valence-electron chi connectivity index (χ2n) is 6.73. The van der Waals surface area contributed by atoms with Crippen molar-refractivity contribution in [1.29, 1.82) is 0 Å². The number of ether oxygens (including phenoxy) is 1. The lowest BCUT2D eigenvalue weighted by Crippen LogP contribution is -2.40. The average molecular weight is 343 g/mol. The molecule has 2 heterocycles. The van der Waals surface area contributed by atoms with E-state index < -0.39 is 0 Å². The van der Waals surface area contributed by atoms with Crippen LogP contribution in [0.3, 0.4) is 0 Å². The third-order valence-electron chi connectivity index (χ3n) is 4.77. The number of hydrogen-bond acceptors (Lipinski definition) is 4. The summed E-state index contributed by atoms with van der Waals surface area (Å²) in [7, 11) is 0. The summed E-state index contributed by atoms with van der Waals surface area (Å²) in [4.78, 5) is 29.0. The molecule has 1 aromatic heterocycles. The number of carbonyl (C=O) groups excluding carboxylic acids is 1. The van der Waals surface area contributed by atoms with Gasteiger partial charge in [0, 0.05) is 19.6 Å². The van der Waals surface area contributed by atoms with Gasteiger partial charge in [0.25, 0.3) is 5.56 Å². The van der Waals surface area contributed by atoms with Gasteiger partial charge in [-0.3, -0.25) is 14.2 Å². The van der Waals surface area contributed by atoms with Crippen molar-refractivity contribution < 1.29 is 9.53 Å². The Morgan fingerprint density at radius 3 is 3.08 bits per heavy atom. The molecule has 6 nitrogen and oxygen atoms in total. The van der Waals surface area contributed by atoms with Crippen LogP contribution in [0.5, 0.6) is 0 Å². The molecular weight excluding hydrogens is 318 g/mol. The Bertz CT molecular complexity index is 809. The Morgan fingerprint density at radius 1 is 1.48 bits per heavy atom. The predicted octanol–water partition coefficient (Wildman–Crippen LogP) is 2.17. The van der Waals surface area contributed by atoms with Crippen molar-refractivity contribution >= 4 is 16.8 Å². The first kappa shape index (κ1) is 17.6. The van der Waals surface area contributed by atoms with E-state index in [1.165, 1.54) is 0 Å². The third-order valence-corrected chi connectivity index (χ3v) is 4.77. The van der Waals surface area contributed by atoms with Gasteiger partial charge in [0.1, 0.15) is 0 Å². The summed E-state index contributed by atoms with van der Waals surface area (Å²) in [6.07, 6.45) is 4.74. The highest BCUT2D eigenvalue weighted by atomic mass is 16.5. The molecule has 3 rings (SSSR count). The monoisotopic (exact) mass is 343 g/mol. The van der Waals surface area contributed by atoms with E-state index in [1.807, 2.05) is 26.0 Å². The Hall–Kier alpha value is -2.21. The molecule has 0 radical (unpaired) electrons. The van der Waals surface area contributed by atoms with Crippen LogP contribution >= 0.6 is 0 Å². The van der Waals surface area contributed by atoms with Crippen LogP contribution in [0.1, 0.15) is 38.2 Å². The van der Waals surface area contributed by atoms with E-state index in [9.17, 15) is 9.59 Å². The standard InChI is InChI=1S/C19H25N3O3/c1-13-6-3-7-15-18(13)20-12-22(19(15)24)10-4-9-17(23)21-14(2)16-8-5-11-25-16/h3,6-7,12,14,16H,4-5,8-11H2,1-2H3,(H,21,23). The fraction of sp³-hybridized carbons (Fsp3) is 0.526. The SMILES string of the molecule is Cc1cccc2c(=O)n(CCCC(=O)NC(C)C3CCCO3)cnc12. The molecule has 134 valence electrons. The lowest BCUT2D eigenvalue weighted by atomic mass is 10.1. The maximum Gasteiger partial charge on any atom is 0.261 e. The molecule has 1 amide bonds. The van der Waals surface area contributed by atoms with Crippen LogP contribution in [0.4, 0.5) is 0 Å². The number of hydrogen-bond donors (Lipinski definition) is 1. The van der Waals surface area contributed by atoms with Crippen LogP contribution in [0.15, 0.2) is 29.3 Å². The molecule has 2 atom stereocenters. The largest absolute Gasteiger partial charge is 0.376 e. The van der Waals surface area contributed by atoms with Crippen molar-refractivity contribution in [3.05, 3.63) is 40.4 Å². The molecule has 1 fully saturated rings. The third kappa shape index (κ3) is 4.07. The minimum Gasteiger partial charge on any atom is -0.376 e. The summed E-state index contributed by atoms with van der Waals surface area (Å²) in [5.41, 5.74) is 1.68. The fourth-order valence-corrected chi connectivity index (χ4v) is 3.32. The van der Waals surface area contributed by atoms with Gasteiger partial charge in [-0.05, 0) is 44.7 Å². The van der Waals surface area contributed by atoms with Gasteiger partial charge in [-0.25, -0.2) is 4.98 Å². The minimum absolute atomic E-state index is 0.000594. The number of benzene rings is 1. The highest BCUT2D eigenvalue weighted by molar-refractivity contribution is 5.80. The van der Waals surface area contributed by atoms with Gasteiger partial charge < -0.3 is 10.1 Å². The topological polar surface area (TPSA) is 73.2 Å². The molecule has 6 heteroatoms. The van der Waals surface area contributed by atoms with Gasteiger partial charge >= 0.3 is 0 Å². The average Bonchev–Trinajstić information content (AvgIpc) is 3.12. The molecular formula is C19H25N3O3. The molecule has 0 bridgehead atoms.